The first-order chi connectivity index (χ1) is 16.8. The van der Waals surface area contributed by atoms with Crippen LogP contribution in [0.4, 0.5) is 15.3 Å². The molecule has 4 N–H and O–H groups in total. The summed E-state index contributed by atoms with van der Waals surface area (Å²) in [7, 11) is 0. The fourth-order valence-corrected chi connectivity index (χ4v) is 3.80. The zero-order chi connectivity index (χ0) is 26.9. The van der Waals surface area contributed by atoms with E-state index in [9.17, 15) is 29.1 Å². The predicted molar refractivity (Wildman–Crippen MR) is 129 cm³/mol. The largest absolute Gasteiger partial charge is 0.477 e. The molecule has 3 aliphatic rings. The van der Waals surface area contributed by atoms with Crippen LogP contribution >= 0.6 is 0 Å². The number of anilines is 1. The van der Waals surface area contributed by atoms with Gasteiger partial charge in [-0.1, -0.05) is 12.1 Å². The molecule has 3 aliphatic heterocycles. The lowest BCUT2D eigenvalue weighted by Crippen LogP contribution is -2.69. The van der Waals surface area contributed by atoms with Crippen LogP contribution < -0.4 is 16.0 Å². The number of carbonyl (C=O) groups excluding carboxylic acids is 4. The lowest BCUT2D eigenvalue weighted by Gasteiger charge is -2.40. The Labute approximate surface area is 209 Å². The molecule has 36 heavy (non-hydrogen) atoms. The first kappa shape index (κ1) is 28.7. The van der Waals surface area contributed by atoms with E-state index in [1.54, 1.807) is 20.8 Å². The number of ether oxygens (including phenoxy) is 2. The summed E-state index contributed by atoms with van der Waals surface area (Å²) in [6, 6.07) is 6.58. The minimum absolute atomic E-state index is 0.229. The summed E-state index contributed by atoms with van der Waals surface area (Å²) in [5.74, 6) is -1.86. The number of piperazine rings is 1. The molecule has 1 fully saturated rings. The zero-order valence-electron chi connectivity index (χ0n) is 21.1. The van der Waals surface area contributed by atoms with E-state index in [0.29, 0.717) is 26.1 Å². The number of hydrogen-bond donors (Lipinski definition) is 4. The maximum Gasteiger partial charge on any atom is 0.411 e. The number of fused-ring (bicyclic) bond motifs is 5. The molecule has 12 nitrogen and oxygen atoms in total. The Morgan fingerprint density at radius 2 is 1.86 bits per heavy atom. The highest BCUT2D eigenvalue weighted by Gasteiger charge is 2.47. The Balaban J connectivity index is 0.000000340. The molecule has 4 rings (SSSR count). The van der Waals surface area contributed by atoms with Crippen LogP contribution in [0.5, 0.6) is 0 Å². The molecule has 0 saturated carbocycles. The van der Waals surface area contributed by atoms with Crippen molar-refractivity contribution in [2.75, 3.05) is 38.0 Å². The van der Waals surface area contributed by atoms with Crippen molar-refractivity contribution < 1.29 is 43.0 Å². The molecule has 2 unspecified atom stereocenters. The number of nitrogens with one attached hydrogen (secondary N) is 3. The molecule has 1 saturated heterocycles. The highest BCUT2D eigenvalue weighted by molar-refractivity contribution is 6.02. The zero-order valence-corrected chi connectivity index (χ0v) is 21.1. The molecular formula is C24H35N4O8+. The number of rotatable bonds is 7. The van der Waals surface area contributed by atoms with Gasteiger partial charge in [-0.25, -0.2) is 23.7 Å². The number of nitrogens with zero attached hydrogens (tertiary/aromatic N) is 1. The molecule has 3 heterocycles. The number of carboxylic acid groups (broad SMARTS) is 1. The highest BCUT2D eigenvalue weighted by Crippen LogP contribution is 2.16. The fourth-order valence-electron chi connectivity index (χ4n) is 3.80. The summed E-state index contributed by atoms with van der Waals surface area (Å²) < 4.78 is 9.62. The maximum absolute atomic E-state index is 12.7. The minimum Gasteiger partial charge on any atom is -0.477 e. The van der Waals surface area contributed by atoms with Crippen LogP contribution in [0.25, 0.3) is 0 Å². The SMILES string of the molecule is CC(=O)C1NCC[N+](CCCNC(=O)OC(C)(C)C)(CC(=O)O)C1=O.O=C1Nc2ccc(cc2)CO1. The third-order valence-electron chi connectivity index (χ3n) is 5.45. The van der Waals surface area contributed by atoms with Crippen molar-refractivity contribution in [2.24, 2.45) is 0 Å². The number of benzene rings is 1. The van der Waals surface area contributed by atoms with Crippen LogP contribution in [0.1, 0.15) is 39.7 Å². The van der Waals surface area contributed by atoms with E-state index in [2.05, 4.69) is 16.0 Å². The maximum atomic E-state index is 12.7. The molecule has 1 aromatic rings. The highest BCUT2D eigenvalue weighted by atomic mass is 16.6. The molecule has 0 aliphatic carbocycles. The standard InChI is InChI=1S/C16H27N3O6.C8H7NO2/c1-11(20)13-14(23)19(9-7-17-13,10-12(21)22)8-5-6-18-15(24)25-16(2,3)4;10-8-9-7-3-1-6(2-4-7)5-11-8/h13,17H,5-10H2,1-4H3,(H-,18,21,22,24);1-4H,5H2,(H,9,10)/p+1. The summed E-state index contributed by atoms with van der Waals surface area (Å²) in [4.78, 5) is 57.9. The summed E-state index contributed by atoms with van der Waals surface area (Å²) in [5, 5.41) is 17.2. The molecule has 1 aromatic carbocycles. The second-order valence-corrected chi connectivity index (χ2v) is 9.66. The Morgan fingerprint density at radius 3 is 2.44 bits per heavy atom. The average Bonchev–Trinajstić information content (AvgIpc) is 2.75. The summed E-state index contributed by atoms with van der Waals surface area (Å²) in [6.45, 7) is 7.68. The second kappa shape index (κ2) is 12.5. The van der Waals surface area contributed by atoms with E-state index in [4.69, 9.17) is 9.47 Å². The van der Waals surface area contributed by atoms with Crippen molar-refractivity contribution in [1.82, 2.24) is 10.6 Å². The van der Waals surface area contributed by atoms with Crippen molar-refractivity contribution in [2.45, 2.75) is 52.4 Å². The smallest absolute Gasteiger partial charge is 0.411 e. The first-order valence-electron chi connectivity index (χ1n) is 11.7. The van der Waals surface area contributed by atoms with E-state index >= 15 is 0 Å². The van der Waals surface area contributed by atoms with Crippen LogP contribution in [-0.4, -0.2) is 83.8 Å². The lowest BCUT2D eigenvalue weighted by molar-refractivity contribution is -0.849. The number of carbonyl (C=O) groups is 5. The third-order valence-corrected chi connectivity index (χ3v) is 5.45. The van der Waals surface area contributed by atoms with E-state index in [-0.39, 0.29) is 36.0 Å². The Morgan fingerprint density at radius 1 is 1.19 bits per heavy atom. The van der Waals surface area contributed by atoms with Crippen molar-refractivity contribution in [1.29, 1.82) is 0 Å². The first-order valence-corrected chi connectivity index (χ1v) is 11.7. The quantitative estimate of drug-likeness (QED) is 0.244. The molecule has 0 spiro atoms. The molecule has 2 atom stereocenters. The number of hydrogen-bond acceptors (Lipinski definition) is 8. The monoisotopic (exact) mass is 507 g/mol. The Hall–Kier alpha value is -3.51. The van der Waals surface area contributed by atoms with Crippen LogP contribution in [0.2, 0.25) is 0 Å². The number of amides is 3. The number of ketones is 1. The lowest BCUT2D eigenvalue weighted by atomic mass is 10.1. The van der Waals surface area contributed by atoms with Crippen LogP contribution in [0, 0.1) is 0 Å². The van der Waals surface area contributed by atoms with E-state index in [0.717, 1.165) is 11.3 Å². The fraction of sp³-hybridized carbons (Fsp3) is 0.542. The molecule has 198 valence electrons. The van der Waals surface area contributed by atoms with Crippen molar-refractivity contribution >= 4 is 35.5 Å². The van der Waals surface area contributed by atoms with Gasteiger partial charge in [0, 0.05) is 25.2 Å². The van der Waals surface area contributed by atoms with E-state index in [1.165, 1.54) is 6.92 Å². The number of alkyl carbamates (subject to hydrolysis) is 1. The van der Waals surface area contributed by atoms with Gasteiger partial charge in [0.05, 0.1) is 13.1 Å². The Bertz CT molecular complexity index is 973. The van der Waals surface area contributed by atoms with Gasteiger partial charge in [-0.2, -0.15) is 0 Å². The average molecular weight is 508 g/mol. The van der Waals surface area contributed by atoms with E-state index in [1.807, 2.05) is 24.3 Å². The number of Topliss-reactive ketones (excluding diaryl/α,β-unsaturated/α-hetero) is 1. The van der Waals surface area contributed by atoms with Crippen LogP contribution in [0.3, 0.4) is 0 Å². The Kier molecular flexibility index (Phi) is 9.93. The molecule has 2 bridgehead atoms. The van der Waals surface area contributed by atoms with Gasteiger partial charge in [0.25, 0.3) is 0 Å². The van der Waals surface area contributed by atoms with Gasteiger partial charge in [0.2, 0.25) is 0 Å². The van der Waals surface area contributed by atoms with Gasteiger partial charge >= 0.3 is 24.1 Å². The van der Waals surface area contributed by atoms with Gasteiger partial charge in [0.1, 0.15) is 12.2 Å². The van der Waals surface area contributed by atoms with Gasteiger partial charge < -0.3 is 19.9 Å². The van der Waals surface area contributed by atoms with Gasteiger partial charge in [-0.05, 0) is 45.4 Å². The summed E-state index contributed by atoms with van der Waals surface area (Å²) in [5.41, 5.74) is 1.19. The normalized spacial score (nSPS) is 21.1. The molecule has 0 aromatic heterocycles. The third kappa shape index (κ3) is 8.93. The van der Waals surface area contributed by atoms with Gasteiger partial charge in [0.15, 0.2) is 18.4 Å². The topological polar surface area (TPSA) is 160 Å². The van der Waals surface area contributed by atoms with E-state index < -0.39 is 29.6 Å². The summed E-state index contributed by atoms with van der Waals surface area (Å²) >= 11 is 0. The molecule has 0 radical (unpaired) electrons. The van der Waals surface area contributed by atoms with Crippen LogP contribution in [-0.2, 0) is 30.5 Å². The molecule has 3 amide bonds. The van der Waals surface area contributed by atoms with Crippen molar-refractivity contribution in [3.8, 4) is 0 Å². The number of aliphatic carboxylic acids is 1. The minimum atomic E-state index is -1.10. The summed E-state index contributed by atoms with van der Waals surface area (Å²) in [6.07, 6.45) is -0.556. The molecular weight excluding hydrogens is 472 g/mol. The van der Waals surface area contributed by atoms with Crippen molar-refractivity contribution in [3.05, 3.63) is 29.8 Å². The predicted octanol–water partition coefficient (Wildman–Crippen LogP) is 1.64. The number of carboxylic acids is 1. The van der Waals surface area contributed by atoms with Crippen molar-refractivity contribution in [3.63, 3.8) is 0 Å². The number of quaternary nitrogens is 1. The van der Waals surface area contributed by atoms with Crippen LogP contribution in [0.15, 0.2) is 24.3 Å². The van der Waals surface area contributed by atoms with Gasteiger partial charge in [-0.15, -0.1) is 0 Å². The second-order valence-electron chi connectivity index (χ2n) is 9.66. The molecule has 12 heteroatoms. The van der Waals surface area contributed by atoms with Gasteiger partial charge in [-0.3, -0.25) is 15.4 Å².